The Kier molecular flexibility index (Phi) is 6.11. The first kappa shape index (κ1) is 18.9. The van der Waals surface area contributed by atoms with Gasteiger partial charge < -0.3 is 20.0 Å². The number of carbonyl (C=O) groups is 2. The number of nitrogens with zero attached hydrogens (tertiary/aromatic N) is 1. The Bertz CT molecular complexity index is 784. The summed E-state index contributed by atoms with van der Waals surface area (Å²) in [6.07, 6.45) is 4.10. The maximum atomic E-state index is 13.6. The number of hydrogen-bond acceptors (Lipinski definition) is 3. The van der Waals surface area contributed by atoms with Crippen LogP contribution in [-0.2, 0) is 0 Å². The number of piperidine rings is 1. The zero-order chi connectivity index (χ0) is 19.2. The minimum absolute atomic E-state index is 0.206. The van der Waals surface area contributed by atoms with Crippen LogP contribution in [-0.4, -0.2) is 36.5 Å². The summed E-state index contributed by atoms with van der Waals surface area (Å²) in [6.45, 7) is 3.57. The molecule has 0 unspecified atom stereocenters. The lowest BCUT2D eigenvalue weighted by molar-refractivity contribution is 0.0922. The highest BCUT2D eigenvalue weighted by molar-refractivity contribution is 5.91. The highest BCUT2D eigenvalue weighted by Crippen LogP contribution is 2.21. The van der Waals surface area contributed by atoms with Gasteiger partial charge in [0.25, 0.3) is 5.91 Å². The molecular formula is C20H24FN3O3. The van der Waals surface area contributed by atoms with Crippen molar-refractivity contribution in [2.75, 3.05) is 25.0 Å². The summed E-state index contributed by atoms with van der Waals surface area (Å²) in [4.78, 5) is 25.9. The number of carbonyl (C=O) groups excluding carboxylic acids is 2. The average Bonchev–Trinajstić information content (AvgIpc) is 3.20. The summed E-state index contributed by atoms with van der Waals surface area (Å²) < 4.78 is 18.6. The molecule has 1 fully saturated rings. The molecule has 0 bridgehead atoms. The fraction of sp³-hybridized carbons (Fsp3) is 0.400. The second kappa shape index (κ2) is 8.70. The predicted molar refractivity (Wildman–Crippen MR) is 100 cm³/mol. The van der Waals surface area contributed by atoms with Crippen LogP contribution in [0.3, 0.4) is 0 Å². The van der Waals surface area contributed by atoms with Gasteiger partial charge in [-0.3, -0.25) is 4.79 Å². The van der Waals surface area contributed by atoms with E-state index < -0.39 is 0 Å². The molecule has 0 saturated carbocycles. The molecule has 0 spiro atoms. The van der Waals surface area contributed by atoms with Gasteiger partial charge in [0.2, 0.25) is 0 Å². The predicted octanol–water partition coefficient (Wildman–Crippen LogP) is 3.79. The Labute approximate surface area is 157 Å². The maximum Gasteiger partial charge on any atom is 0.321 e. The number of urea groups is 1. The van der Waals surface area contributed by atoms with Crippen molar-refractivity contribution in [3.63, 3.8) is 0 Å². The van der Waals surface area contributed by atoms with Crippen molar-refractivity contribution >= 4 is 17.6 Å². The number of hydrogen-bond donors (Lipinski definition) is 2. The SMILES string of the molecule is Cc1ccc(NC(=O)N2CCC(CCNC(=O)c3ccco3)CC2)cc1F. The molecule has 2 heterocycles. The minimum atomic E-state index is -0.330. The normalized spacial score (nSPS) is 14.8. The summed E-state index contributed by atoms with van der Waals surface area (Å²) in [5.41, 5.74) is 1.01. The van der Waals surface area contributed by atoms with Crippen molar-refractivity contribution in [3.8, 4) is 0 Å². The van der Waals surface area contributed by atoms with Crippen molar-refractivity contribution in [1.29, 1.82) is 0 Å². The summed E-state index contributed by atoms with van der Waals surface area (Å²) in [7, 11) is 0. The van der Waals surface area contributed by atoms with Gasteiger partial charge in [-0.2, -0.15) is 0 Å². The van der Waals surface area contributed by atoms with Crippen molar-refractivity contribution in [1.82, 2.24) is 10.2 Å². The van der Waals surface area contributed by atoms with Crippen molar-refractivity contribution in [2.24, 2.45) is 5.92 Å². The monoisotopic (exact) mass is 373 g/mol. The molecule has 2 aromatic rings. The van der Waals surface area contributed by atoms with Crippen LogP contribution >= 0.6 is 0 Å². The second-order valence-corrected chi connectivity index (χ2v) is 6.85. The molecule has 7 heteroatoms. The van der Waals surface area contributed by atoms with Crippen LogP contribution < -0.4 is 10.6 Å². The van der Waals surface area contributed by atoms with Crippen molar-refractivity contribution < 1.29 is 18.4 Å². The largest absolute Gasteiger partial charge is 0.459 e. The number of furan rings is 1. The Morgan fingerprint density at radius 3 is 2.70 bits per heavy atom. The molecule has 27 heavy (non-hydrogen) atoms. The quantitative estimate of drug-likeness (QED) is 0.837. The Balaban J connectivity index is 1.38. The lowest BCUT2D eigenvalue weighted by atomic mass is 9.94. The summed E-state index contributed by atoms with van der Waals surface area (Å²) >= 11 is 0. The van der Waals surface area contributed by atoms with E-state index in [9.17, 15) is 14.0 Å². The fourth-order valence-electron chi connectivity index (χ4n) is 3.18. The van der Waals surface area contributed by atoms with Gasteiger partial charge in [-0.25, -0.2) is 9.18 Å². The maximum absolute atomic E-state index is 13.6. The van der Waals surface area contributed by atoms with Gasteiger partial charge in [0.05, 0.1) is 6.26 Å². The van der Waals surface area contributed by atoms with Crippen LogP contribution in [0.25, 0.3) is 0 Å². The van der Waals surface area contributed by atoms with Gasteiger partial charge in [-0.15, -0.1) is 0 Å². The smallest absolute Gasteiger partial charge is 0.321 e. The van der Waals surface area contributed by atoms with Gasteiger partial charge in [0.1, 0.15) is 5.82 Å². The van der Waals surface area contributed by atoms with Crippen LogP contribution in [0.2, 0.25) is 0 Å². The summed E-state index contributed by atoms with van der Waals surface area (Å²) in [5, 5.41) is 5.60. The molecule has 0 aliphatic carbocycles. The van der Waals surface area contributed by atoms with E-state index in [1.807, 2.05) is 0 Å². The van der Waals surface area contributed by atoms with E-state index in [1.165, 1.54) is 12.3 Å². The summed E-state index contributed by atoms with van der Waals surface area (Å²) in [6, 6.07) is 7.79. The molecule has 6 nitrogen and oxygen atoms in total. The van der Waals surface area contributed by atoms with Gasteiger partial charge in [-0.05, 0) is 61.9 Å². The zero-order valence-electron chi connectivity index (χ0n) is 15.3. The molecule has 1 aromatic heterocycles. The number of likely N-dealkylation sites (tertiary alicyclic amines) is 1. The number of amides is 3. The Morgan fingerprint density at radius 1 is 1.26 bits per heavy atom. The van der Waals surface area contributed by atoms with Crippen molar-refractivity contribution in [2.45, 2.75) is 26.2 Å². The molecule has 144 valence electrons. The van der Waals surface area contributed by atoms with Crippen LogP contribution in [0.5, 0.6) is 0 Å². The topological polar surface area (TPSA) is 74.6 Å². The van der Waals surface area contributed by atoms with Gasteiger partial charge in [0.15, 0.2) is 5.76 Å². The van der Waals surface area contributed by atoms with E-state index >= 15 is 0 Å². The van der Waals surface area contributed by atoms with Crippen LogP contribution in [0, 0.1) is 18.7 Å². The zero-order valence-corrected chi connectivity index (χ0v) is 15.3. The van der Waals surface area contributed by atoms with Gasteiger partial charge in [-0.1, -0.05) is 6.07 Å². The first-order chi connectivity index (χ1) is 13.0. The molecule has 2 N–H and O–H groups in total. The number of rotatable bonds is 5. The number of anilines is 1. The first-order valence-electron chi connectivity index (χ1n) is 9.16. The summed E-state index contributed by atoms with van der Waals surface area (Å²) in [5.74, 6) is 0.238. The van der Waals surface area contributed by atoms with E-state index in [2.05, 4.69) is 10.6 Å². The van der Waals surface area contributed by atoms with Crippen molar-refractivity contribution in [3.05, 3.63) is 53.7 Å². The van der Waals surface area contributed by atoms with E-state index in [-0.39, 0.29) is 17.8 Å². The molecule has 3 rings (SSSR count). The van der Waals surface area contributed by atoms with E-state index in [0.29, 0.717) is 42.6 Å². The lowest BCUT2D eigenvalue weighted by Gasteiger charge is -2.32. The van der Waals surface area contributed by atoms with E-state index in [0.717, 1.165) is 19.3 Å². The molecule has 1 aliphatic rings. The lowest BCUT2D eigenvalue weighted by Crippen LogP contribution is -2.41. The standard InChI is InChI=1S/C20H24FN3O3/c1-14-4-5-16(13-17(14)21)23-20(26)24-10-7-15(8-11-24)6-9-22-19(25)18-3-2-12-27-18/h2-5,12-13,15H,6-11H2,1H3,(H,22,25)(H,23,26). The van der Waals surface area contributed by atoms with Crippen LogP contribution in [0.1, 0.15) is 35.4 Å². The third kappa shape index (κ3) is 5.09. The number of halogens is 1. The Morgan fingerprint density at radius 2 is 2.04 bits per heavy atom. The van der Waals surface area contributed by atoms with Crippen LogP contribution in [0.15, 0.2) is 41.0 Å². The number of benzene rings is 1. The highest BCUT2D eigenvalue weighted by atomic mass is 19.1. The molecular weight excluding hydrogens is 349 g/mol. The third-order valence-electron chi connectivity index (χ3n) is 4.91. The average molecular weight is 373 g/mol. The number of nitrogens with one attached hydrogen (secondary N) is 2. The number of aryl methyl sites for hydroxylation is 1. The van der Waals surface area contributed by atoms with Gasteiger partial charge >= 0.3 is 6.03 Å². The second-order valence-electron chi connectivity index (χ2n) is 6.85. The molecule has 1 aromatic carbocycles. The van der Waals surface area contributed by atoms with Gasteiger partial charge in [0, 0.05) is 25.3 Å². The molecule has 0 radical (unpaired) electrons. The molecule has 1 saturated heterocycles. The Hall–Kier alpha value is -2.83. The van der Waals surface area contributed by atoms with E-state index in [1.54, 1.807) is 36.1 Å². The third-order valence-corrected chi connectivity index (χ3v) is 4.91. The van der Waals surface area contributed by atoms with Crippen LogP contribution in [0.4, 0.5) is 14.9 Å². The highest BCUT2D eigenvalue weighted by Gasteiger charge is 2.23. The first-order valence-corrected chi connectivity index (χ1v) is 9.16. The van der Waals surface area contributed by atoms with E-state index in [4.69, 9.17) is 4.42 Å². The molecule has 0 atom stereocenters. The fourth-order valence-corrected chi connectivity index (χ4v) is 3.18. The molecule has 3 amide bonds. The minimum Gasteiger partial charge on any atom is -0.459 e. The molecule has 1 aliphatic heterocycles.